The minimum atomic E-state index is -4.42. The molecule has 0 fully saturated rings. The number of hydrogen-bond acceptors (Lipinski definition) is 4. The van der Waals surface area contributed by atoms with E-state index in [0.29, 0.717) is 53.2 Å². The lowest BCUT2D eigenvalue weighted by atomic mass is 10.1. The number of benzene rings is 2. The molecular formula is C31H33F4N5OS. The highest BCUT2D eigenvalue weighted by molar-refractivity contribution is 7.98. The smallest absolute Gasteiger partial charge is 0.350 e. The van der Waals surface area contributed by atoms with Crippen LogP contribution in [0.1, 0.15) is 37.1 Å². The quantitative estimate of drug-likeness (QED) is 0.0766. The summed E-state index contributed by atoms with van der Waals surface area (Å²) in [6.45, 7) is 7.31. The van der Waals surface area contributed by atoms with Crippen molar-refractivity contribution < 1.29 is 17.6 Å². The van der Waals surface area contributed by atoms with Crippen LogP contribution in [0.4, 0.5) is 17.6 Å². The van der Waals surface area contributed by atoms with E-state index in [0.717, 1.165) is 18.6 Å². The molecule has 0 spiro atoms. The number of guanidine groups is 1. The van der Waals surface area contributed by atoms with Gasteiger partial charge in [0.2, 0.25) is 0 Å². The van der Waals surface area contributed by atoms with Crippen LogP contribution in [0.25, 0.3) is 5.69 Å². The Labute approximate surface area is 246 Å². The molecular weight excluding hydrogens is 566 g/mol. The lowest BCUT2D eigenvalue weighted by molar-refractivity contribution is -0.0914. The van der Waals surface area contributed by atoms with Crippen LogP contribution in [0.15, 0.2) is 93.8 Å². The molecule has 0 bridgehead atoms. The fraction of sp³-hybridized carbons (Fsp3) is 0.323. The van der Waals surface area contributed by atoms with Gasteiger partial charge in [-0.25, -0.2) is 14.4 Å². The molecule has 0 radical (unpaired) electrons. The summed E-state index contributed by atoms with van der Waals surface area (Å²) in [7, 11) is 0. The number of thioether (sulfide) groups is 1. The van der Waals surface area contributed by atoms with E-state index in [2.05, 4.69) is 16.9 Å². The van der Waals surface area contributed by atoms with Crippen molar-refractivity contribution in [2.24, 2.45) is 4.99 Å². The number of allylic oxidation sites excluding steroid dienone is 1. The highest BCUT2D eigenvalue weighted by atomic mass is 32.2. The molecule has 11 heteroatoms. The predicted molar refractivity (Wildman–Crippen MR) is 159 cm³/mol. The molecule has 1 unspecified atom stereocenters. The number of fused-ring (bicyclic) bond motifs is 1. The Hall–Kier alpha value is -3.86. The molecule has 42 heavy (non-hydrogen) atoms. The zero-order valence-corrected chi connectivity index (χ0v) is 24.3. The maximum absolute atomic E-state index is 14.0. The van der Waals surface area contributed by atoms with E-state index < -0.39 is 11.7 Å². The van der Waals surface area contributed by atoms with E-state index >= 15 is 0 Å². The fourth-order valence-corrected chi connectivity index (χ4v) is 5.36. The second-order valence-electron chi connectivity index (χ2n) is 9.83. The second kappa shape index (κ2) is 13.9. The van der Waals surface area contributed by atoms with Crippen molar-refractivity contribution in [2.75, 3.05) is 13.1 Å². The third-order valence-electron chi connectivity index (χ3n) is 6.92. The SMILES string of the molecule is C=CC(CC)NC(=NC/C=C(\C)C(F)(F)F)N1CCc2nc(SCc3ccc(F)cc3)n(-c3ccccc3)c(=O)c2C1. The van der Waals surface area contributed by atoms with E-state index in [1.165, 1.54) is 23.9 Å². The first-order valence-corrected chi connectivity index (χ1v) is 14.6. The molecule has 1 atom stereocenters. The standard InChI is InChI=1S/C31H33F4N5OS/c1-4-24(5-2)37-29(36-17-15-21(3)31(33,34)35)39-18-16-27-26(19-39)28(41)40(25-9-7-6-8-10-25)30(38-27)42-20-22-11-13-23(32)14-12-22/h4,6-15,24H,1,5,16-20H2,2-3H3,(H,36,37)/b21-15+. The third-order valence-corrected chi connectivity index (χ3v) is 7.93. The van der Waals surface area contributed by atoms with Gasteiger partial charge in [0.05, 0.1) is 30.0 Å². The molecule has 222 valence electrons. The van der Waals surface area contributed by atoms with Gasteiger partial charge in [-0.1, -0.05) is 61.2 Å². The summed E-state index contributed by atoms with van der Waals surface area (Å²) in [6.07, 6.45) is -0.503. The number of halogens is 4. The summed E-state index contributed by atoms with van der Waals surface area (Å²) in [5.41, 5.74) is 1.79. The van der Waals surface area contributed by atoms with Crippen molar-refractivity contribution in [1.29, 1.82) is 0 Å². The predicted octanol–water partition coefficient (Wildman–Crippen LogP) is 6.44. The normalized spacial score (nSPS) is 14.9. The van der Waals surface area contributed by atoms with Gasteiger partial charge >= 0.3 is 6.18 Å². The number of aromatic nitrogens is 2. The lowest BCUT2D eigenvalue weighted by Gasteiger charge is -2.33. The monoisotopic (exact) mass is 599 g/mol. The number of aliphatic imine (C=N–C) groups is 1. The largest absolute Gasteiger partial charge is 0.412 e. The Morgan fingerprint density at radius 2 is 1.90 bits per heavy atom. The van der Waals surface area contributed by atoms with Gasteiger partial charge in [0.1, 0.15) is 5.82 Å². The molecule has 0 saturated heterocycles. The van der Waals surface area contributed by atoms with Crippen LogP contribution in [0.2, 0.25) is 0 Å². The second-order valence-corrected chi connectivity index (χ2v) is 10.8. The Morgan fingerprint density at radius 1 is 1.19 bits per heavy atom. The van der Waals surface area contributed by atoms with Gasteiger partial charge in [-0.2, -0.15) is 13.2 Å². The van der Waals surface area contributed by atoms with E-state index in [-0.39, 0.29) is 30.5 Å². The molecule has 1 aliphatic rings. The Morgan fingerprint density at radius 3 is 2.55 bits per heavy atom. The summed E-state index contributed by atoms with van der Waals surface area (Å²) in [5.74, 6) is 0.582. The van der Waals surface area contributed by atoms with Crippen molar-refractivity contribution in [3.8, 4) is 5.69 Å². The summed E-state index contributed by atoms with van der Waals surface area (Å²) < 4.78 is 54.0. The van der Waals surface area contributed by atoms with Crippen LogP contribution < -0.4 is 10.9 Å². The first kappa shape index (κ1) is 31.1. The highest BCUT2D eigenvalue weighted by Gasteiger charge is 2.30. The highest BCUT2D eigenvalue weighted by Crippen LogP contribution is 2.27. The van der Waals surface area contributed by atoms with Gasteiger partial charge in [0.25, 0.3) is 5.56 Å². The van der Waals surface area contributed by atoms with E-state index in [4.69, 9.17) is 4.98 Å². The first-order chi connectivity index (χ1) is 20.1. The number of alkyl halides is 3. The summed E-state index contributed by atoms with van der Waals surface area (Å²) >= 11 is 1.40. The number of nitrogens with zero attached hydrogens (tertiary/aromatic N) is 4. The van der Waals surface area contributed by atoms with Crippen molar-refractivity contribution in [3.63, 3.8) is 0 Å². The van der Waals surface area contributed by atoms with Gasteiger partial charge in [0.15, 0.2) is 11.1 Å². The number of hydrogen-bond donors (Lipinski definition) is 1. The van der Waals surface area contributed by atoms with Gasteiger partial charge in [-0.15, -0.1) is 6.58 Å². The van der Waals surface area contributed by atoms with E-state index in [1.54, 1.807) is 22.8 Å². The lowest BCUT2D eigenvalue weighted by Crippen LogP contribution is -2.49. The zero-order valence-electron chi connectivity index (χ0n) is 23.5. The van der Waals surface area contributed by atoms with E-state index in [9.17, 15) is 22.4 Å². The minimum Gasteiger partial charge on any atom is -0.350 e. The minimum absolute atomic E-state index is 0.151. The van der Waals surface area contributed by atoms with Gasteiger partial charge in [-0.3, -0.25) is 9.36 Å². The number of rotatable bonds is 9. The van der Waals surface area contributed by atoms with Crippen molar-refractivity contribution in [3.05, 3.63) is 112 Å². The molecule has 2 aromatic carbocycles. The van der Waals surface area contributed by atoms with Crippen LogP contribution in [-0.2, 0) is 18.7 Å². The van der Waals surface area contributed by atoms with Gasteiger partial charge in [0, 0.05) is 30.3 Å². The molecule has 1 aromatic heterocycles. The average molecular weight is 600 g/mol. The maximum Gasteiger partial charge on any atom is 0.412 e. The molecule has 1 aliphatic heterocycles. The van der Waals surface area contributed by atoms with Crippen LogP contribution in [0.5, 0.6) is 0 Å². The summed E-state index contributed by atoms with van der Waals surface area (Å²) in [4.78, 5) is 25.3. The van der Waals surface area contributed by atoms with Gasteiger partial charge in [-0.05, 0) is 43.2 Å². The third kappa shape index (κ3) is 7.70. The molecule has 3 aromatic rings. The molecule has 0 saturated carbocycles. The average Bonchev–Trinajstić information content (AvgIpc) is 2.98. The maximum atomic E-state index is 14.0. The Kier molecular flexibility index (Phi) is 10.3. The Bertz CT molecular complexity index is 1500. The van der Waals surface area contributed by atoms with Crippen LogP contribution in [0.3, 0.4) is 0 Å². The van der Waals surface area contributed by atoms with Crippen molar-refractivity contribution in [2.45, 2.75) is 56.4 Å². The van der Waals surface area contributed by atoms with E-state index in [1.807, 2.05) is 42.2 Å². The molecule has 0 amide bonds. The number of para-hydroxylation sites is 1. The van der Waals surface area contributed by atoms with Crippen LogP contribution in [0, 0.1) is 5.82 Å². The van der Waals surface area contributed by atoms with Crippen LogP contribution in [-0.4, -0.2) is 45.7 Å². The number of nitrogens with one attached hydrogen (secondary N) is 1. The molecule has 0 aliphatic carbocycles. The summed E-state index contributed by atoms with van der Waals surface area (Å²) in [6, 6.07) is 15.3. The van der Waals surface area contributed by atoms with Crippen molar-refractivity contribution in [1.82, 2.24) is 19.8 Å². The van der Waals surface area contributed by atoms with Crippen molar-refractivity contribution >= 4 is 17.7 Å². The summed E-state index contributed by atoms with van der Waals surface area (Å²) in [5, 5.41) is 3.80. The molecule has 1 N–H and O–H groups in total. The molecule has 6 nitrogen and oxygen atoms in total. The van der Waals surface area contributed by atoms with Crippen LogP contribution >= 0.6 is 11.8 Å². The topological polar surface area (TPSA) is 62.5 Å². The molecule has 2 heterocycles. The molecule has 4 rings (SSSR count). The van der Waals surface area contributed by atoms with Gasteiger partial charge < -0.3 is 10.2 Å². The Balaban J connectivity index is 1.69. The first-order valence-electron chi connectivity index (χ1n) is 13.6. The fourth-order valence-electron chi connectivity index (χ4n) is 4.38. The zero-order chi connectivity index (χ0) is 30.3.